The molecule has 1 rings (SSSR count). The summed E-state index contributed by atoms with van der Waals surface area (Å²) in [6.07, 6.45) is 1.74. The average Bonchev–Trinajstić information content (AvgIpc) is 2.78. The molecule has 1 aliphatic heterocycles. The highest BCUT2D eigenvalue weighted by Crippen LogP contribution is 2.29. The van der Waals surface area contributed by atoms with Crippen LogP contribution < -0.4 is 10.6 Å². The zero-order valence-electron chi connectivity index (χ0n) is 11.9. The van der Waals surface area contributed by atoms with Gasteiger partial charge in [-0.05, 0) is 26.7 Å². The van der Waals surface area contributed by atoms with Crippen LogP contribution in [0.25, 0.3) is 0 Å². The summed E-state index contributed by atoms with van der Waals surface area (Å²) in [5.41, 5.74) is -0.430. The summed E-state index contributed by atoms with van der Waals surface area (Å²) in [5.74, 6) is 0.107. The predicted octanol–water partition coefficient (Wildman–Crippen LogP) is 0.359. The number of nitrogens with zero attached hydrogens (tertiary/aromatic N) is 1. The monoisotopic (exact) mass is 255 g/mol. The van der Waals surface area contributed by atoms with E-state index in [4.69, 9.17) is 0 Å². The topological polar surface area (TPSA) is 61.4 Å². The van der Waals surface area contributed by atoms with Crippen LogP contribution in [0.4, 0.5) is 0 Å². The highest BCUT2D eigenvalue weighted by atomic mass is 16.2. The first-order valence-corrected chi connectivity index (χ1v) is 6.66. The lowest BCUT2D eigenvalue weighted by molar-refractivity contribution is -0.132. The second-order valence-corrected chi connectivity index (χ2v) is 5.40. The SMILES string of the molecule is CCC(C)NCC(=O)N1CCC(C)(C(=O)NC)C1. The third kappa shape index (κ3) is 3.45. The van der Waals surface area contributed by atoms with E-state index in [1.807, 2.05) is 6.92 Å². The van der Waals surface area contributed by atoms with E-state index in [1.54, 1.807) is 11.9 Å². The van der Waals surface area contributed by atoms with Crippen molar-refractivity contribution in [2.45, 2.75) is 39.7 Å². The number of rotatable bonds is 5. The van der Waals surface area contributed by atoms with E-state index in [0.29, 0.717) is 25.7 Å². The number of likely N-dealkylation sites (tertiary alicyclic amines) is 1. The Hall–Kier alpha value is -1.10. The highest BCUT2D eigenvalue weighted by molar-refractivity contribution is 5.85. The number of carbonyl (C=O) groups is 2. The Morgan fingerprint density at radius 1 is 1.44 bits per heavy atom. The Morgan fingerprint density at radius 2 is 2.11 bits per heavy atom. The summed E-state index contributed by atoms with van der Waals surface area (Å²) < 4.78 is 0. The standard InChI is InChI=1S/C13H25N3O2/c1-5-10(2)15-8-11(17)16-7-6-13(3,9-16)12(18)14-4/h10,15H,5-9H2,1-4H3,(H,14,18). The molecule has 0 aromatic carbocycles. The van der Waals surface area contributed by atoms with Crippen molar-refractivity contribution in [1.82, 2.24) is 15.5 Å². The largest absolute Gasteiger partial charge is 0.359 e. The van der Waals surface area contributed by atoms with Crippen molar-refractivity contribution in [1.29, 1.82) is 0 Å². The summed E-state index contributed by atoms with van der Waals surface area (Å²) in [7, 11) is 1.64. The van der Waals surface area contributed by atoms with Gasteiger partial charge in [-0.2, -0.15) is 0 Å². The van der Waals surface area contributed by atoms with Gasteiger partial charge in [-0.15, -0.1) is 0 Å². The molecule has 5 heteroatoms. The Kier molecular flexibility index (Phi) is 5.14. The fraction of sp³-hybridized carbons (Fsp3) is 0.846. The van der Waals surface area contributed by atoms with E-state index in [9.17, 15) is 9.59 Å². The smallest absolute Gasteiger partial charge is 0.236 e. The summed E-state index contributed by atoms with van der Waals surface area (Å²) >= 11 is 0. The lowest BCUT2D eigenvalue weighted by atomic mass is 9.89. The van der Waals surface area contributed by atoms with Crippen molar-refractivity contribution >= 4 is 11.8 Å². The number of amides is 2. The van der Waals surface area contributed by atoms with Gasteiger partial charge in [-0.25, -0.2) is 0 Å². The van der Waals surface area contributed by atoms with E-state index >= 15 is 0 Å². The van der Waals surface area contributed by atoms with E-state index in [1.165, 1.54) is 0 Å². The summed E-state index contributed by atoms with van der Waals surface area (Å²) in [6.45, 7) is 7.62. The molecule has 2 amide bonds. The molecule has 1 fully saturated rings. The molecule has 2 N–H and O–H groups in total. The van der Waals surface area contributed by atoms with Gasteiger partial charge in [0.1, 0.15) is 0 Å². The van der Waals surface area contributed by atoms with E-state index < -0.39 is 5.41 Å². The molecular formula is C13H25N3O2. The van der Waals surface area contributed by atoms with Gasteiger partial charge in [0.05, 0.1) is 12.0 Å². The van der Waals surface area contributed by atoms with Crippen LogP contribution in [0.15, 0.2) is 0 Å². The van der Waals surface area contributed by atoms with Crippen LogP contribution in [0.5, 0.6) is 0 Å². The summed E-state index contributed by atoms with van der Waals surface area (Å²) in [6, 6.07) is 0.349. The van der Waals surface area contributed by atoms with E-state index in [-0.39, 0.29) is 11.8 Å². The van der Waals surface area contributed by atoms with Gasteiger partial charge < -0.3 is 15.5 Å². The molecule has 2 unspecified atom stereocenters. The van der Waals surface area contributed by atoms with Gasteiger partial charge in [0.15, 0.2) is 0 Å². The van der Waals surface area contributed by atoms with Crippen LogP contribution in [-0.2, 0) is 9.59 Å². The molecule has 0 aliphatic carbocycles. The number of nitrogens with one attached hydrogen (secondary N) is 2. The van der Waals surface area contributed by atoms with Gasteiger partial charge in [0, 0.05) is 26.2 Å². The molecule has 104 valence electrons. The lowest BCUT2D eigenvalue weighted by Crippen LogP contribution is -2.43. The maximum absolute atomic E-state index is 12.0. The molecule has 0 spiro atoms. The quantitative estimate of drug-likeness (QED) is 0.745. The van der Waals surface area contributed by atoms with E-state index in [0.717, 1.165) is 12.8 Å². The average molecular weight is 255 g/mol. The van der Waals surface area contributed by atoms with Crippen molar-refractivity contribution in [2.75, 3.05) is 26.7 Å². The number of hydrogen-bond donors (Lipinski definition) is 2. The summed E-state index contributed by atoms with van der Waals surface area (Å²) in [5, 5.41) is 5.86. The normalized spacial score (nSPS) is 25.0. The van der Waals surface area contributed by atoms with Gasteiger partial charge in [-0.3, -0.25) is 9.59 Å². The maximum atomic E-state index is 12.0. The maximum Gasteiger partial charge on any atom is 0.236 e. The predicted molar refractivity (Wildman–Crippen MR) is 71.1 cm³/mol. The lowest BCUT2D eigenvalue weighted by Gasteiger charge is -2.23. The Morgan fingerprint density at radius 3 is 2.67 bits per heavy atom. The van der Waals surface area contributed by atoms with Crippen molar-refractivity contribution in [3.63, 3.8) is 0 Å². The molecule has 2 atom stereocenters. The van der Waals surface area contributed by atoms with Crippen molar-refractivity contribution in [3.05, 3.63) is 0 Å². The molecular weight excluding hydrogens is 230 g/mol. The minimum atomic E-state index is -0.430. The molecule has 1 heterocycles. The first kappa shape index (κ1) is 15.0. The van der Waals surface area contributed by atoms with Crippen LogP contribution in [0.3, 0.4) is 0 Å². The zero-order chi connectivity index (χ0) is 13.8. The Balaban J connectivity index is 2.46. The van der Waals surface area contributed by atoms with Crippen LogP contribution in [-0.4, -0.2) is 49.4 Å². The molecule has 1 aliphatic rings. The number of carbonyl (C=O) groups excluding carboxylic acids is 2. The Bertz CT molecular complexity index is 319. The third-order valence-corrected chi connectivity index (χ3v) is 3.82. The third-order valence-electron chi connectivity index (χ3n) is 3.82. The molecule has 0 aromatic heterocycles. The van der Waals surface area contributed by atoms with Crippen LogP contribution in [0.2, 0.25) is 0 Å². The minimum absolute atomic E-state index is 0.0210. The van der Waals surface area contributed by atoms with Crippen molar-refractivity contribution in [3.8, 4) is 0 Å². The van der Waals surface area contributed by atoms with E-state index in [2.05, 4.69) is 24.5 Å². The van der Waals surface area contributed by atoms with Crippen LogP contribution in [0.1, 0.15) is 33.6 Å². The van der Waals surface area contributed by atoms with Crippen molar-refractivity contribution < 1.29 is 9.59 Å². The minimum Gasteiger partial charge on any atom is -0.359 e. The fourth-order valence-electron chi connectivity index (χ4n) is 2.18. The number of hydrogen-bond acceptors (Lipinski definition) is 3. The molecule has 0 aromatic rings. The van der Waals surface area contributed by atoms with Gasteiger partial charge in [0.2, 0.25) is 11.8 Å². The first-order chi connectivity index (χ1) is 8.42. The first-order valence-electron chi connectivity index (χ1n) is 6.66. The second-order valence-electron chi connectivity index (χ2n) is 5.40. The molecule has 5 nitrogen and oxygen atoms in total. The van der Waals surface area contributed by atoms with Crippen LogP contribution in [0, 0.1) is 5.41 Å². The molecule has 0 radical (unpaired) electrons. The second kappa shape index (κ2) is 6.18. The zero-order valence-corrected chi connectivity index (χ0v) is 11.9. The Labute approximate surface area is 109 Å². The molecule has 18 heavy (non-hydrogen) atoms. The van der Waals surface area contributed by atoms with Gasteiger partial charge in [0.25, 0.3) is 0 Å². The van der Waals surface area contributed by atoms with Gasteiger partial charge in [-0.1, -0.05) is 6.92 Å². The molecule has 0 bridgehead atoms. The molecule has 0 saturated carbocycles. The van der Waals surface area contributed by atoms with Crippen LogP contribution >= 0.6 is 0 Å². The highest BCUT2D eigenvalue weighted by Gasteiger charge is 2.41. The summed E-state index contributed by atoms with van der Waals surface area (Å²) in [4.78, 5) is 25.5. The van der Waals surface area contributed by atoms with Crippen molar-refractivity contribution in [2.24, 2.45) is 5.41 Å². The van der Waals surface area contributed by atoms with Gasteiger partial charge >= 0.3 is 0 Å². The fourth-order valence-corrected chi connectivity index (χ4v) is 2.18. The molecule has 1 saturated heterocycles.